The highest BCUT2D eigenvalue weighted by atomic mass is 35.5. The number of hydrogen-bond donors (Lipinski definition) is 1. The Morgan fingerprint density at radius 1 is 1.47 bits per heavy atom. The van der Waals surface area contributed by atoms with Gasteiger partial charge in [-0.3, -0.25) is 14.7 Å². The maximum atomic E-state index is 11.5. The number of carbonyl (C=O) groups excluding carboxylic acids is 2. The predicted octanol–water partition coefficient (Wildman–Crippen LogP) is 0.945. The third kappa shape index (κ3) is 4.80. The zero-order chi connectivity index (χ0) is 11.8. The molecule has 0 aromatic heterocycles. The second-order valence-electron chi connectivity index (χ2n) is 2.97. The van der Waals surface area contributed by atoms with Crippen LogP contribution in [0.25, 0.3) is 0 Å². The molecule has 0 atom stereocenters. The van der Waals surface area contributed by atoms with Crippen LogP contribution in [0.15, 0.2) is 12.7 Å². The smallest absolute Gasteiger partial charge is 0.269 e. The molecule has 86 valence electrons. The summed E-state index contributed by atoms with van der Waals surface area (Å²) in [5, 5.41) is 0.994. The number of halogens is 1. The largest absolute Gasteiger partial charge is 0.340 e. The molecule has 0 aliphatic heterocycles. The molecule has 0 heterocycles. The van der Waals surface area contributed by atoms with Crippen molar-refractivity contribution in [3.05, 3.63) is 12.7 Å². The second kappa shape index (κ2) is 7.25. The molecule has 2 N–H and O–H groups in total. The maximum absolute atomic E-state index is 11.5. The molecule has 0 saturated heterocycles. The van der Waals surface area contributed by atoms with Gasteiger partial charge in [-0.25, -0.2) is 10.6 Å². The lowest BCUT2D eigenvalue weighted by Crippen LogP contribution is -2.47. The standard InChI is InChI=1S/C9H16ClN3O2/c1-3-8(14)12(2)9(15)13(11)7-5-4-6-10/h3H,1,4-7,11H2,2H3. The van der Waals surface area contributed by atoms with Crippen LogP contribution in [0.4, 0.5) is 4.79 Å². The van der Waals surface area contributed by atoms with Crippen molar-refractivity contribution in [1.82, 2.24) is 9.91 Å². The number of hydrazine groups is 1. The molecule has 0 aromatic carbocycles. The first kappa shape index (κ1) is 13.9. The average Bonchev–Trinajstić information content (AvgIpc) is 2.26. The van der Waals surface area contributed by atoms with Gasteiger partial charge in [0.05, 0.1) is 0 Å². The first-order chi connectivity index (χ1) is 7.04. The van der Waals surface area contributed by atoms with Gasteiger partial charge in [-0.15, -0.1) is 11.6 Å². The van der Waals surface area contributed by atoms with Gasteiger partial charge >= 0.3 is 6.03 Å². The number of urea groups is 1. The molecule has 0 radical (unpaired) electrons. The fraction of sp³-hybridized carbons (Fsp3) is 0.556. The number of rotatable bonds is 5. The van der Waals surface area contributed by atoms with Crippen molar-refractivity contribution in [2.45, 2.75) is 12.8 Å². The monoisotopic (exact) mass is 233 g/mol. The lowest BCUT2D eigenvalue weighted by molar-refractivity contribution is -0.122. The molecule has 0 rings (SSSR count). The molecular weight excluding hydrogens is 218 g/mol. The molecule has 0 unspecified atom stereocenters. The molecule has 15 heavy (non-hydrogen) atoms. The number of unbranched alkanes of at least 4 members (excludes halogenated alkanes) is 1. The first-order valence-electron chi connectivity index (χ1n) is 4.56. The van der Waals surface area contributed by atoms with Crippen LogP contribution in [0.5, 0.6) is 0 Å². The van der Waals surface area contributed by atoms with Crippen molar-refractivity contribution in [2.75, 3.05) is 19.5 Å². The summed E-state index contributed by atoms with van der Waals surface area (Å²) in [5.41, 5.74) is 0. The van der Waals surface area contributed by atoms with E-state index in [0.29, 0.717) is 18.8 Å². The Balaban J connectivity index is 4.07. The van der Waals surface area contributed by atoms with Gasteiger partial charge in [-0.2, -0.15) is 0 Å². The number of imide groups is 1. The van der Waals surface area contributed by atoms with Gasteiger partial charge in [0, 0.05) is 19.5 Å². The van der Waals surface area contributed by atoms with Gasteiger partial charge in [0.1, 0.15) is 0 Å². The highest BCUT2D eigenvalue weighted by Crippen LogP contribution is 1.97. The first-order valence-corrected chi connectivity index (χ1v) is 5.10. The summed E-state index contributed by atoms with van der Waals surface area (Å²) in [6, 6.07) is -0.547. The Labute approximate surface area is 94.4 Å². The molecule has 6 heteroatoms. The number of likely N-dealkylation sites (N-methyl/N-ethyl adjacent to an activating group) is 1. The van der Waals surface area contributed by atoms with Crippen LogP contribution in [0.2, 0.25) is 0 Å². The van der Waals surface area contributed by atoms with E-state index in [1.165, 1.54) is 7.05 Å². The van der Waals surface area contributed by atoms with Gasteiger partial charge in [-0.05, 0) is 18.9 Å². The highest BCUT2D eigenvalue weighted by Gasteiger charge is 2.18. The minimum absolute atomic E-state index is 0.375. The van der Waals surface area contributed by atoms with Crippen LogP contribution in [0, 0.1) is 0 Å². The number of alkyl halides is 1. The van der Waals surface area contributed by atoms with Crippen LogP contribution in [0.3, 0.4) is 0 Å². The Kier molecular flexibility index (Phi) is 6.73. The summed E-state index contributed by atoms with van der Waals surface area (Å²) in [5.74, 6) is 5.52. The van der Waals surface area contributed by atoms with E-state index in [0.717, 1.165) is 22.4 Å². The Hall–Kier alpha value is -1.07. The van der Waals surface area contributed by atoms with Crippen molar-refractivity contribution in [2.24, 2.45) is 5.84 Å². The van der Waals surface area contributed by atoms with E-state index in [1.54, 1.807) is 0 Å². The maximum Gasteiger partial charge on any atom is 0.340 e. The Morgan fingerprint density at radius 3 is 2.53 bits per heavy atom. The van der Waals surface area contributed by atoms with Crippen LogP contribution < -0.4 is 5.84 Å². The number of carbonyl (C=O) groups is 2. The van der Waals surface area contributed by atoms with E-state index in [4.69, 9.17) is 17.4 Å². The molecule has 0 saturated carbocycles. The lowest BCUT2D eigenvalue weighted by atomic mass is 10.3. The fourth-order valence-corrected chi connectivity index (χ4v) is 1.09. The minimum atomic E-state index is -0.547. The number of amides is 3. The van der Waals surface area contributed by atoms with Crippen LogP contribution in [0.1, 0.15) is 12.8 Å². The number of nitrogens with zero attached hydrogens (tertiary/aromatic N) is 2. The summed E-state index contributed by atoms with van der Waals surface area (Å²) in [6.45, 7) is 3.65. The van der Waals surface area contributed by atoms with Gasteiger partial charge in [0.25, 0.3) is 5.91 Å². The van der Waals surface area contributed by atoms with E-state index in [9.17, 15) is 9.59 Å². The van der Waals surface area contributed by atoms with Gasteiger partial charge in [0.15, 0.2) is 0 Å². The van der Waals surface area contributed by atoms with Crippen molar-refractivity contribution in [1.29, 1.82) is 0 Å². The normalized spacial score (nSPS) is 9.53. The molecule has 0 spiro atoms. The Morgan fingerprint density at radius 2 is 2.07 bits per heavy atom. The zero-order valence-corrected chi connectivity index (χ0v) is 9.54. The van der Waals surface area contributed by atoms with Crippen molar-refractivity contribution < 1.29 is 9.59 Å². The van der Waals surface area contributed by atoms with E-state index < -0.39 is 11.9 Å². The summed E-state index contributed by atoms with van der Waals surface area (Å²) >= 11 is 5.48. The quantitative estimate of drug-likeness (QED) is 0.192. The SMILES string of the molecule is C=CC(=O)N(C)C(=O)N(N)CCCCCl. The topological polar surface area (TPSA) is 66.6 Å². The summed E-state index contributed by atoms with van der Waals surface area (Å²) in [4.78, 5) is 23.4. The van der Waals surface area contributed by atoms with Gasteiger partial charge in [-0.1, -0.05) is 6.58 Å². The van der Waals surface area contributed by atoms with E-state index >= 15 is 0 Å². The number of nitrogens with two attached hydrogens (primary N) is 1. The predicted molar refractivity (Wildman–Crippen MR) is 59.2 cm³/mol. The molecule has 0 fully saturated rings. The van der Waals surface area contributed by atoms with Crippen LogP contribution in [-0.2, 0) is 4.79 Å². The van der Waals surface area contributed by atoms with E-state index in [1.807, 2.05) is 0 Å². The molecule has 3 amide bonds. The third-order valence-electron chi connectivity index (χ3n) is 1.82. The third-order valence-corrected chi connectivity index (χ3v) is 2.09. The van der Waals surface area contributed by atoms with Crippen molar-refractivity contribution >= 4 is 23.5 Å². The van der Waals surface area contributed by atoms with Gasteiger partial charge < -0.3 is 0 Å². The molecular formula is C9H16ClN3O2. The molecule has 0 aromatic rings. The van der Waals surface area contributed by atoms with E-state index in [-0.39, 0.29) is 0 Å². The highest BCUT2D eigenvalue weighted by molar-refractivity contribution is 6.17. The summed E-state index contributed by atoms with van der Waals surface area (Å²) in [6.07, 6.45) is 2.55. The fourth-order valence-electron chi connectivity index (χ4n) is 0.896. The van der Waals surface area contributed by atoms with E-state index in [2.05, 4.69) is 6.58 Å². The zero-order valence-electron chi connectivity index (χ0n) is 8.78. The Bertz CT molecular complexity index is 246. The second-order valence-corrected chi connectivity index (χ2v) is 3.35. The van der Waals surface area contributed by atoms with Crippen LogP contribution in [-0.4, -0.2) is 41.3 Å². The minimum Gasteiger partial charge on any atom is -0.269 e. The lowest BCUT2D eigenvalue weighted by Gasteiger charge is -2.21. The van der Waals surface area contributed by atoms with Crippen LogP contribution >= 0.6 is 11.6 Å². The van der Waals surface area contributed by atoms with Crippen molar-refractivity contribution in [3.8, 4) is 0 Å². The molecule has 0 aliphatic rings. The van der Waals surface area contributed by atoms with Gasteiger partial charge in [0.2, 0.25) is 0 Å². The summed E-state index contributed by atoms with van der Waals surface area (Å²) < 4.78 is 0. The number of hydrogen-bond acceptors (Lipinski definition) is 3. The van der Waals surface area contributed by atoms with Crippen molar-refractivity contribution in [3.63, 3.8) is 0 Å². The molecule has 0 aliphatic carbocycles. The summed E-state index contributed by atoms with van der Waals surface area (Å²) in [7, 11) is 1.35. The molecule has 0 bridgehead atoms. The molecule has 5 nitrogen and oxygen atoms in total. The average molecular weight is 234 g/mol.